The molecule has 78 heavy (non-hydrogen) atoms. The number of benzene rings is 1. The zero-order valence-electron chi connectivity index (χ0n) is 47.3. The Kier molecular flexibility index (Phi) is 19.9. The third kappa shape index (κ3) is 15.0. The highest BCUT2D eigenvalue weighted by atomic mass is 32.1. The maximum absolute atomic E-state index is 14.1. The summed E-state index contributed by atoms with van der Waals surface area (Å²) in [7, 11) is 1.85. The third-order valence-electron chi connectivity index (χ3n) is 15.5. The van der Waals surface area contributed by atoms with E-state index in [1.165, 1.54) is 4.90 Å². The number of amides is 3. The minimum atomic E-state index is -0.938. The summed E-state index contributed by atoms with van der Waals surface area (Å²) < 4.78 is 20.1. The Bertz CT molecular complexity index is 2770. The molecule has 3 amide bonds. The van der Waals surface area contributed by atoms with E-state index in [4.69, 9.17) is 19.2 Å². The predicted molar refractivity (Wildman–Crippen MR) is 304 cm³/mol. The molecule has 4 atom stereocenters. The average Bonchev–Trinajstić information content (AvgIpc) is 4.16. The zero-order chi connectivity index (χ0) is 55.6. The summed E-state index contributed by atoms with van der Waals surface area (Å²) in [5.41, 5.74) is 5.84. The van der Waals surface area contributed by atoms with Crippen molar-refractivity contribution in [3.8, 4) is 10.4 Å². The van der Waals surface area contributed by atoms with Gasteiger partial charge < -0.3 is 59.4 Å². The quantitative estimate of drug-likeness (QED) is 0.0488. The van der Waals surface area contributed by atoms with Gasteiger partial charge in [0.25, 0.3) is 0 Å². The van der Waals surface area contributed by atoms with Gasteiger partial charge in [0, 0.05) is 111 Å². The summed E-state index contributed by atoms with van der Waals surface area (Å²) in [6, 6.07) is 10.0. The zero-order valence-corrected chi connectivity index (χ0v) is 48.1. The Balaban J connectivity index is 0.675. The van der Waals surface area contributed by atoms with E-state index in [1.54, 1.807) is 17.5 Å². The molecule has 4 aromatic heterocycles. The Morgan fingerprint density at radius 1 is 0.859 bits per heavy atom. The molecule has 0 bridgehead atoms. The molecule has 2 unspecified atom stereocenters. The molecular weight excluding hydrogens is 1010 g/mol. The minimum absolute atomic E-state index is 0.000337. The minimum Gasteiger partial charge on any atom is -0.391 e. The maximum Gasteiger partial charge on any atom is 0.246 e. The van der Waals surface area contributed by atoms with Crippen molar-refractivity contribution >= 4 is 57.7 Å². The number of aromatic nitrogens is 6. The molecule has 20 nitrogen and oxygen atoms in total. The van der Waals surface area contributed by atoms with Crippen LogP contribution < -0.4 is 20.9 Å². The number of carbonyl (C=O) groups is 3. The summed E-state index contributed by atoms with van der Waals surface area (Å²) in [5.74, 6) is 1.90. The second-order valence-electron chi connectivity index (χ2n) is 22.6. The number of thiazole rings is 1. The fourth-order valence-corrected chi connectivity index (χ4v) is 11.8. The number of carbonyl (C=O) groups excluding carboxylic acids is 3. The van der Waals surface area contributed by atoms with Gasteiger partial charge in [-0.2, -0.15) is 4.98 Å². The molecule has 424 valence electrons. The van der Waals surface area contributed by atoms with Crippen molar-refractivity contribution in [2.24, 2.45) is 5.41 Å². The van der Waals surface area contributed by atoms with Crippen molar-refractivity contribution in [3.63, 3.8) is 0 Å². The van der Waals surface area contributed by atoms with E-state index in [0.717, 1.165) is 122 Å². The molecule has 1 aromatic carbocycles. The van der Waals surface area contributed by atoms with Gasteiger partial charge in [-0.05, 0) is 89.3 Å². The lowest BCUT2D eigenvalue weighted by Crippen LogP contribution is -2.58. The number of aliphatic hydroxyl groups excluding tert-OH is 1. The van der Waals surface area contributed by atoms with Crippen LogP contribution in [0.25, 0.3) is 21.5 Å². The van der Waals surface area contributed by atoms with Gasteiger partial charge in [0.15, 0.2) is 0 Å². The number of likely N-dealkylation sites (tertiary alicyclic amines) is 1. The van der Waals surface area contributed by atoms with Crippen LogP contribution in [0.2, 0.25) is 0 Å². The second kappa shape index (κ2) is 26.5. The number of nitrogens with one attached hydrogen (secondary N) is 3. The highest BCUT2D eigenvalue weighted by Gasteiger charge is 2.45. The molecule has 0 spiro atoms. The van der Waals surface area contributed by atoms with E-state index in [-0.39, 0.29) is 43.2 Å². The lowest BCUT2D eigenvalue weighted by atomic mass is 9.85. The molecule has 0 radical (unpaired) electrons. The Hall–Kier alpha value is -5.68. The molecule has 8 rings (SSSR count). The lowest BCUT2D eigenvalue weighted by molar-refractivity contribution is -0.144. The predicted octanol–water partition coefficient (Wildman–Crippen LogP) is 6.46. The second-order valence-corrected chi connectivity index (χ2v) is 23.5. The first-order chi connectivity index (χ1) is 37.4. The average molecular weight is 1090 g/mol. The van der Waals surface area contributed by atoms with E-state index in [1.807, 2.05) is 96.8 Å². The maximum atomic E-state index is 14.1. The van der Waals surface area contributed by atoms with Crippen LogP contribution in [0, 0.1) is 19.3 Å². The number of rotatable bonds is 24. The van der Waals surface area contributed by atoms with Crippen LogP contribution >= 0.6 is 11.3 Å². The molecule has 4 N–H and O–H groups in total. The summed E-state index contributed by atoms with van der Waals surface area (Å²) >= 11 is 1.58. The molecule has 3 fully saturated rings. The van der Waals surface area contributed by atoms with Crippen molar-refractivity contribution in [2.75, 3.05) is 103 Å². The number of hydrogen-bond acceptors (Lipinski definition) is 17. The number of piperidine rings is 1. The fraction of sp³-hybridized carbons (Fsp3) is 0.614. The Morgan fingerprint density at radius 2 is 1.56 bits per heavy atom. The number of anilines is 3. The number of imidazole rings is 1. The van der Waals surface area contributed by atoms with Gasteiger partial charge in [0.2, 0.25) is 23.7 Å². The molecule has 3 aliphatic rings. The number of piperazine rings is 1. The van der Waals surface area contributed by atoms with Crippen molar-refractivity contribution in [3.05, 3.63) is 71.4 Å². The molecule has 7 heterocycles. The number of fused-ring (bicyclic) bond motifs is 1. The molecule has 0 aliphatic carbocycles. The first-order valence-electron chi connectivity index (χ1n) is 27.8. The Morgan fingerprint density at radius 3 is 2.24 bits per heavy atom. The Labute approximate surface area is 464 Å². The van der Waals surface area contributed by atoms with Crippen LogP contribution in [0.5, 0.6) is 0 Å². The van der Waals surface area contributed by atoms with Gasteiger partial charge in [0.1, 0.15) is 41.7 Å². The van der Waals surface area contributed by atoms with Crippen molar-refractivity contribution in [2.45, 2.75) is 130 Å². The third-order valence-corrected chi connectivity index (χ3v) is 16.5. The number of aliphatic hydroxyl groups is 1. The van der Waals surface area contributed by atoms with Gasteiger partial charge in [0.05, 0.1) is 45.5 Å². The molecule has 3 saturated heterocycles. The molecule has 3 aliphatic heterocycles. The summed E-state index contributed by atoms with van der Waals surface area (Å²) in [6.45, 7) is 24.8. The smallest absolute Gasteiger partial charge is 0.246 e. The van der Waals surface area contributed by atoms with Crippen LogP contribution in [0.4, 0.5) is 17.6 Å². The first kappa shape index (κ1) is 58.5. The van der Waals surface area contributed by atoms with Crippen LogP contribution in [0.1, 0.15) is 109 Å². The van der Waals surface area contributed by atoms with Crippen molar-refractivity contribution in [1.29, 1.82) is 0 Å². The van der Waals surface area contributed by atoms with Gasteiger partial charge in [-0.25, -0.2) is 19.9 Å². The summed E-state index contributed by atoms with van der Waals surface area (Å²) in [6.07, 6.45) is 7.23. The molecular formula is C57H83N13O7S. The van der Waals surface area contributed by atoms with Gasteiger partial charge in [-0.3, -0.25) is 14.4 Å². The van der Waals surface area contributed by atoms with E-state index in [2.05, 4.69) is 69.0 Å². The highest BCUT2D eigenvalue weighted by Crippen LogP contribution is 2.33. The first-order valence-corrected chi connectivity index (χ1v) is 28.7. The monoisotopic (exact) mass is 1090 g/mol. The molecule has 0 saturated carbocycles. The normalized spacial score (nSPS) is 19.1. The van der Waals surface area contributed by atoms with E-state index in [0.29, 0.717) is 38.0 Å². The number of pyridine rings is 1. The summed E-state index contributed by atoms with van der Waals surface area (Å²) in [5, 5.41) is 20.0. The number of nitrogens with zero attached hydrogens (tertiary/aromatic N) is 10. The largest absolute Gasteiger partial charge is 0.391 e. The number of hydrogen-bond donors (Lipinski definition) is 4. The lowest BCUT2D eigenvalue weighted by Gasteiger charge is -2.42. The number of aryl methyl sites for hydroxylation is 2. The van der Waals surface area contributed by atoms with Crippen LogP contribution in [-0.2, 0) is 28.6 Å². The van der Waals surface area contributed by atoms with Crippen molar-refractivity contribution in [1.82, 2.24) is 54.8 Å². The van der Waals surface area contributed by atoms with E-state index < -0.39 is 35.4 Å². The summed E-state index contributed by atoms with van der Waals surface area (Å²) in [4.78, 5) is 73.9. The SMILES string of the molecule is COC1(CCN2CCN(CCCOCCCOCC(=O)NC(C(=O)N3C[C@H](O)C[C@H]3C(=O)NC(C)c3ccc(-c4scnc4C)cc3)C(C)(C)C)CC2)CCN(c2nccc(Nc3cc4c(cn3)nc(C)n4C(C)C)n2)CC1. The highest BCUT2D eigenvalue weighted by molar-refractivity contribution is 7.13. The van der Waals surface area contributed by atoms with E-state index >= 15 is 0 Å². The van der Waals surface area contributed by atoms with Crippen LogP contribution in [0.3, 0.4) is 0 Å². The van der Waals surface area contributed by atoms with E-state index in [9.17, 15) is 19.5 Å². The fourth-order valence-electron chi connectivity index (χ4n) is 10.9. The number of ether oxygens (including phenoxy) is 3. The molecule has 5 aromatic rings. The van der Waals surface area contributed by atoms with Crippen molar-refractivity contribution < 1.29 is 33.7 Å². The topological polar surface area (TPSA) is 218 Å². The molecule has 21 heteroatoms. The van der Waals surface area contributed by atoms with Gasteiger partial charge in [-0.1, -0.05) is 45.0 Å². The number of methoxy groups -OCH3 is 1. The van der Waals surface area contributed by atoms with Gasteiger partial charge >= 0.3 is 0 Å². The number of β-amino-alcohol motifs (C(OH)–C–C–N with tert-alkyl or cyclic N) is 1. The van der Waals surface area contributed by atoms with Gasteiger partial charge in [-0.15, -0.1) is 11.3 Å². The van der Waals surface area contributed by atoms with Crippen LogP contribution in [-0.4, -0.2) is 183 Å². The van der Waals surface area contributed by atoms with Crippen LogP contribution in [0.15, 0.2) is 54.3 Å². The standard InChI is InChI=1S/C57H83N13O7S/c1-38(2)70-41(5)62-45-34-59-49(33-46(45)70)63-48-16-20-58-55(64-48)68-23-18-57(75-9,19-24-68)17-22-67-27-25-66(26-28-67)21-10-29-76-30-11-31-77-36-50(72)65-52(56(6,7)8)54(74)69-35-44(71)32-47(69)53(73)61-39(3)42-12-14-43(15-13-42)51-40(4)60-37-78-51/h12-16,20,33-34,37-39,44,47,52,71H,10-11,17-19,21-32,35-36H2,1-9H3,(H,61,73)(H,65,72)(H,58,59,63,64)/t39?,44-,47+,52?/m1/s1.